The summed E-state index contributed by atoms with van der Waals surface area (Å²) in [5.41, 5.74) is 5.54. The van der Waals surface area contributed by atoms with Gasteiger partial charge < -0.3 is 9.72 Å². The number of aryl methyl sites for hydroxylation is 1. The van der Waals surface area contributed by atoms with Crippen LogP contribution >= 0.6 is 0 Å². The Hall–Kier alpha value is -2.53. The predicted octanol–water partition coefficient (Wildman–Crippen LogP) is 3.88. The van der Waals surface area contributed by atoms with Crippen LogP contribution in [-0.2, 0) is 4.74 Å². The van der Waals surface area contributed by atoms with Crippen molar-refractivity contribution >= 4 is 16.6 Å². The third kappa shape index (κ3) is 2.53. The Balaban J connectivity index is 1.89. The van der Waals surface area contributed by atoms with Crippen molar-refractivity contribution in [3.8, 4) is 11.3 Å². The van der Waals surface area contributed by atoms with Gasteiger partial charge in [-0.2, -0.15) is 0 Å². The number of benzene rings is 1. The lowest BCUT2D eigenvalue weighted by atomic mass is 10.0. The number of nitrogens with zero attached hydrogens (tertiary/aromatic N) is 2. The predicted molar refractivity (Wildman–Crippen MR) is 87.4 cm³/mol. The fourth-order valence-corrected chi connectivity index (χ4v) is 2.95. The summed E-state index contributed by atoms with van der Waals surface area (Å²) in [6.45, 7) is 3.31. The number of halogens is 1. The van der Waals surface area contributed by atoms with E-state index in [2.05, 4.69) is 21.0 Å². The molecule has 1 N–H and O–H groups in total. The van der Waals surface area contributed by atoms with Crippen LogP contribution in [0.4, 0.5) is 4.39 Å². The maximum Gasteiger partial charge on any atom is 0.141 e. The first-order valence-corrected chi connectivity index (χ1v) is 7.60. The van der Waals surface area contributed by atoms with Crippen LogP contribution in [-0.4, -0.2) is 28.2 Å². The molecule has 3 aromatic rings. The Kier molecular flexibility index (Phi) is 3.42. The molecule has 4 rings (SSSR count). The summed E-state index contributed by atoms with van der Waals surface area (Å²) in [6, 6.07) is 6.81. The first kappa shape index (κ1) is 14.1. The molecule has 1 aliphatic heterocycles. The molecule has 3 heterocycles. The van der Waals surface area contributed by atoms with Gasteiger partial charge >= 0.3 is 0 Å². The second-order valence-corrected chi connectivity index (χ2v) is 5.68. The number of rotatable bonds is 2. The van der Waals surface area contributed by atoms with E-state index in [4.69, 9.17) is 4.74 Å². The number of hydrogen-bond donors (Lipinski definition) is 1. The molecule has 0 radical (unpaired) electrons. The van der Waals surface area contributed by atoms with Gasteiger partial charge in [-0.25, -0.2) is 14.4 Å². The average Bonchev–Trinajstić information content (AvgIpc) is 3.02. The molecule has 0 unspecified atom stereocenters. The minimum absolute atomic E-state index is 0.264. The number of ether oxygens (including phenoxy) is 1. The van der Waals surface area contributed by atoms with Gasteiger partial charge in [-0.3, -0.25) is 0 Å². The van der Waals surface area contributed by atoms with Gasteiger partial charge in [-0.15, -0.1) is 0 Å². The topological polar surface area (TPSA) is 50.8 Å². The van der Waals surface area contributed by atoms with E-state index in [-0.39, 0.29) is 5.82 Å². The summed E-state index contributed by atoms with van der Waals surface area (Å²) in [7, 11) is 0. The van der Waals surface area contributed by atoms with E-state index in [9.17, 15) is 4.39 Å². The molecule has 1 aliphatic rings. The van der Waals surface area contributed by atoms with Crippen molar-refractivity contribution in [3.63, 3.8) is 0 Å². The molecule has 0 saturated heterocycles. The number of fused-ring (bicyclic) bond motifs is 1. The zero-order chi connectivity index (χ0) is 15.8. The van der Waals surface area contributed by atoms with Gasteiger partial charge in [0.1, 0.15) is 17.8 Å². The Morgan fingerprint density at radius 2 is 2.13 bits per heavy atom. The summed E-state index contributed by atoms with van der Waals surface area (Å²) in [5, 5.41) is 0.906. The van der Waals surface area contributed by atoms with Crippen LogP contribution in [0.25, 0.3) is 27.9 Å². The molecule has 1 aromatic carbocycles. The molecule has 4 nitrogen and oxygen atoms in total. The van der Waals surface area contributed by atoms with Gasteiger partial charge in [0.05, 0.1) is 18.9 Å². The molecule has 23 heavy (non-hydrogen) atoms. The van der Waals surface area contributed by atoms with Gasteiger partial charge in [-0.05, 0) is 42.7 Å². The smallest absolute Gasteiger partial charge is 0.141 e. The van der Waals surface area contributed by atoms with Crippen LogP contribution in [0, 0.1) is 12.7 Å². The molecule has 5 heteroatoms. The maximum atomic E-state index is 13.7. The fraction of sp³-hybridized carbons (Fsp3) is 0.222. The molecule has 0 atom stereocenters. The van der Waals surface area contributed by atoms with Crippen molar-refractivity contribution in [2.24, 2.45) is 0 Å². The van der Waals surface area contributed by atoms with Crippen molar-refractivity contribution < 1.29 is 9.13 Å². The van der Waals surface area contributed by atoms with Crippen molar-refractivity contribution in [3.05, 3.63) is 53.7 Å². The molecule has 0 spiro atoms. The molecule has 0 aliphatic carbocycles. The molecule has 116 valence electrons. The third-order valence-corrected chi connectivity index (χ3v) is 4.19. The molecule has 2 aromatic heterocycles. The van der Waals surface area contributed by atoms with Gasteiger partial charge in [-0.1, -0.05) is 12.1 Å². The van der Waals surface area contributed by atoms with Crippen LogP contribution in [0.3, 0.4) is 0 Å². The highest BCUT2D eigenvalue weighted by Gasteiger charge is 2.15. The van der Waals surface area contributed by atoms with Gasteiger partial charge in [0, 0.05) is 16.6 Å². The lowest BCUT2D eigenvalue weighted by molar-refractivity contribution is 0.161. The molecular weight excluding hydrogens is 293 g/mol. The Morgan fingerprint density at radius 1 is 1.22 bits per heavy atom. The second kappa shape index (κ2) is 5.59. The standard InChI is InChI=1S/C18H16FN3O/c1-11-2-3-13(19)8-14(11)17-15-9-16(12-4-6-23-7-5-12)22-18(15)21-10-20-17/h2-4,8-10H,5-7H2,1H3,(H,20,21,22). The highest BCUT2D eigenvalue weighted by Crippen LogP contribution is 2.31. The lowest BCUT2D eigenvalue weighted by Gasteiger charge is -2.11. The quantitative estimate of drug-likeness (QED) is 0.781. The van der Waals surface area contributed by atoms with Gasteiger partial charge in [0.2, 0.25) is 0 Å². The summed E-state index contributed by atoms with van der Waals surface area (Å²) < 4.78 is 19.0. The van der Waals surface area contributed by atoms with Crippen LogP contribution < -0.4 is 0 Å². The Labute approximate surface area is 133 Å². The van der Waals surface area contributed by atoms with E-state index in [1.807, 2.05) is 13.0 Å². The van der Waals surface area contributed by atoms with E-state index < -0.39 is 0 Å². The van der Waals surface area contributed by atoms with Gasteiger partial charge in [0.15, 0.2) is 0 Å². The minimum atomic E-state index is -0.264. The lowest BCUT2D eigenvalue weighted by Crippen LogP contribution is -2.03. The molecule has 0 saturated carbocycles. The number of aromatic nitrogens is 3. The van der Waals surface area contributed by atoms with Crippen LogP contribution in [0.2, 0.25) is 0 Å². The zero-order valence-electron chi connectivity index (χ0n) is 12.8. The van der Waals surface area contributed by atoms with E-state index in [1.165, 1.54) is 24.0 Å². The zero-order valence-corrected chi connectivity index (χ0v) is 12.8. The third-order valence-electron chi connectivity index (χ3n) is 4.19. The average molecular weight is 309 g/mol. The molecule has 0 bridgehead atoms. The van der Waals surface area contributed by atoms with Gasteiger partial charge in [0.25, 0.3) is 0 Å². The molecule has 0 amide bonds. The summed E-state index contributed by atoms with van der Waals surface area (Å²) in [5.74, 6) is -0.264. The first-order chi connectivity index (χ1) is 11.2. The van der Waals surface area contributed by atoms with Crippen molar-refractivity contribution in [1.82, 2.24) is 15.0 Å². The summed E-state index contributed by atoms with van der Waals surface area (Å²) >= 11 is 0. The van der Waals surface area contributed by atoms with Crippen molar-refractivity contribution in [2.45, 2.75) is 13.3 Å². The number of nitrogens with one attached hydrogen (secondary N) is 1. The number of H-pyrrole nitrogens is 1. The number of aromatic amines is 1. The van der Waals surface area contributed by atoms with E-state index in [1.54, 1.807) is 6.07 Å². The summed E-state index contributed by atoms with van der Waals surface area (Å²) in [4.78, 5) is 12.1. The van der Waals surface area contributed by atoms with E-state index >= 15 is 0 Å². The van der Waals surface area contributed by atoms with E-state index in [0.717, 1.165) is 46.6 Å². The first-order valence-electron chi connectivity index (χ1n) is 7.60. The largest absolute Gasteiger partial charge is 0.377 e. The molecule has 0 fully saturated rings. The van der Waals surface area contributed by atoms with Crippen LogP contribution in [0.5, 0.6) is 0 Å². The SMILES string of the molecule is Cc1ccc(F)cc1-c1ncnc2[nH]c(C3=CCOCC3)cc12. The molecular formula is C18H16FN3O. The van der Waals surface area contributed by atoms with E-state index in [0.29, 0.717) is 6.61 Å². The monoisotopic (exact) mass is 309 g/mol. The Morgan fingerprint density at radius 3 is 2.96 bits per heavy atom. The van der Waals surface area contributed by atoms with Crippen molar-refractivity contribution in [1.29, 1.82) is 0 Å². The fourth-order valence-electron chi connectivity index (χ4n) is 2.95. The highest BCUT2D eigenvalue weighted by atomic mass is 19.1. The summed E-state index contributed by atoms with van der Waals surface area (Å²) in [6.07, 6.45) is 4.46. The highest BCUT2D eigenvalue weighted by molar-refractivity contribution is 5.94. The Bertz CT molecular complexity index is 914. The normalized spacial score (nSPS) is 15.0. The van der Waals surface area contributed by atoms with Crippen LogP contribution in [0.15, 0.2) is 36.7 Å². The maximum absolute atomic E-state index is 13.7. The van der Waals surface area contributed by atoms with Crippen LogP contribution in [0.1, 0.15) is 17.7 Å². The number of hydrogen-bond acceptors (Lipinski definition) is 3. The van der Waals surface area contributed by atoms with Crippen molar-refractivity contribution in [2.75, 3.05) is 13.2 Å². The minimum Gasteiger partial charge on any atom is -0.377 e. The second-order valence-electron chi connectivity index (χ2n) is 5.68.